The number of hydrazone groups is 1. The van der Waals surface area contributed by atoms with Crippen molar-refractivity contribution in [1.29, 1.82) is 0 Å². The Hall–Kier alpha value is -2.94. The quantitative estimate of drug-likeness (QED) is 0.408. The lowest BCUT2D eigenvalue weighted by atomic mass is 10.1. The average molecular weight is 364 g/mol. The third-order valence-electron chi connectivity index (χ3n) is 3.31. The van der Waals surface area contributed by atoms with E-state index in [0.29, 0.717) is 5.69 Å². The van der Waals surface area contributed by atoms with E-state index in [1.165, 1.54) is 12.0 Å². The summed E-state index contributed by atoms with van der Waals surface area (Å²) in [5.74, 6) is -1.09. The third kappa shape index (κ3) is 6.89. The van der Waals surface area contributed by atoms with Gasteiger partial charge in [-0.3, -0.25) is 9.69 Å². The van der Waals surface area contributed by atoms with Crippen LogP contribution in [0.3, 0.4) is 0 Å². The molecule has 2 N–H and O–H groups in total. The van der Waals surface area contributed by atoms with E-state index in [-0.39, 0.29) is 18.9 Å². The van der Waals surface area contributed by atoms with Crippen molar-refractivity contribution in [2.45, 2.75) is 19.9 Å². The number of benzene rings is 1. The fraction of sp³-hybridized carbons (Fsp3) is 0.412. The molecule has 1 aromatic rings. The lowest BCUT2D eigenvalue weighted by Gasteiger charge is -2.24. The molecule has 0 aromatic heterocycles. The number of nitrogens with one attached hydrogen (secondary N) is 2. The van der Waals surface area contributed by atoms with Gasteiger partial charge in [0.1, 0.15) is 6.04 Å². The molecule has 0 heterocycles. The predicted octanol–water partition coefficient (Wildman–Crippen LogP) is 1.22. The Kier molecular flexibility index (Phi) is 8.79. The first-order valence-corrected chi connectivity index (χ1v) is 7.99. The molecule has 0 radical (unpaired) electrons. The van der Waals surface area contributed by atoms with Gasteiger partial charge < -0.3 is 14.8 Å². The number of carbonyl (C=O) groups excluding carboxylic acids is 3. The molecule has 9 nitrogen and oxygen atoms in total. The van der Waals surface area contributed by atoms with E-state index in [0.717, 1.165) is 0 Å². The molecule has 9 heteroatoms. The van der Waals surface area contributed by atoms with Crippen LogP contribution in [0.25, 0.3) is 0 Å². The summed E-state index contributed by atoms with van der Waals surface area (Å²) < 4.78 is 9.62. The normalized spacial score (nSPS) is 12.3. The van der Waals surface area contributed by atoms with Crippen LogP contribution >= 0.6 is 0 Å². The monoisotopic (exact) mass is 364 g/mol. The molecule has 142 valence electrons. The van der Waals surface area contributed by atoms with E-state index < -0.39 is 24.0 Å². The smallest absolute Gasteiger partial charge is 0.339 e. The molecular formula is C17H24N4O5. The number of amides is 2. The van der Waals surface area contributed by atoms with Crippen LogP contribution in [0.1, 0.15) is 13.8 Å². The van der Waals surface area contributed by atoms with Gasteiger partial charge in [-0.2, -0.15) is 5.10 Å². The number of carbonyl (C=O) groups is 3. The summed E-state index contributed by atoms with van der Waals surface area (Å²) in [5, 5.41) is 6.52. The van der Waals surface area contributed by atoms with Crippen LogP contribution in [0.5, 0.6) is 0 Å². The van der Waals surface area contributed by atoms with Gasteiger partial charge in [0.15, 0.2) is 0 Å². The molecule has 1 aromatic carbocycles. The topological polar surface area (TPSA) is 109 Å². The highest BCUT2D eigenvalue weighted by Gasteiger charge is 2.29. The molecule has 0 aliphatic heterocycles. The second kappa shape index (κ2) is 10.8. The maximum absolute atomic E-state index is 12.0. The van der Waals surface area contributed by atoms with Crippen LogP contribution in [-0.2, 0) is 19.1 Å². The van der Waals surface area contributed by atoms with Gasteiger partial charge in [-0.15, -0.1) is 0 Å². The third-order valence-corrected chi connectivity index (χ3v) is 3.31. The molecule has 0 spiro atoms. The van der Waals surface area contributed by atoms with Crippen molar-refractivity contribution in [3.05, 3.63) is 30.3 Å². The number of ether oxygens (including phenoxy) is 2. The minimum atomic E-state index is -0.943. The van der Waals surface area contributed by atoms with Crippen molar-refractivity contribution < 1.29 is 23.9 Å². The molecule has 26 heavy (non-hydrogen) atoms. The summed E-state index contributed by atoms with van der Waals surface area (Å²) in [5.41, 5.74) is 3.17. The second-order valence-electron chi connectivity index (χ2n) is 5.33. The molecule has 0 fully saturated rings. The van der Waals surface area contributed by atoms with E-state index >= 15 is 0 Å². The summed E-state index contributed by atoms with van der Waals surface area (Å²) in [6.45, 7) is 3.35. The number of para-hydroxylation sites is 1. The average Bonchev–Trinajstić information content (AvgIpc) is 2.61. The largest absolute Gasteiger partial charge is 0.468 e. The Bertz CT molecular complexity index is 648. The number of anilines is 1. The molecular weight excluding hydrogens is 340 g/mol. The van der Waals surface area contributed by atoms with Crippen LogP contribution in [0.15, 0.2) is 35.4 Å². The first-order chi connectivity index (χ1) is 12.4. The number of hydrogen-bond donors (Lipinski definition) is 2. The molecule has 0 bridgehead atoms. The van der Waals surface area contributed by atoms with Gasteiger partial charge in [0.05, 0.1) is 26.0 Å². The second-order valence-corrected chi connectivity index (χ2v) is 5.33. The minimum absolute atomic E-state index is 0.128. The van der Waals surface area contributed by atoms with Crippen molar-refractivity contribution in [3.8, 4) is 0 Å². The molecule has 0 saturated heterocycles. The number of rotatable bonds is 8. The standard InChI is InChI=1S/C17H24N4O5/c1-5-26-14(22)11-21(3)15(16(23)25-4)12(2)19-20-17(24)18-13-9-7-6-8-10-13/h6-10,15H,5,11H2,1-4H3,(H2,18,20,24)/b19-12+. The Morgan fingerprint density at radius 3 is 2.46 bits per heavy atom. The highest BCUT2D eigenvalue weighted by Crippen LogP contribution is 2.05. The Morgan fingerprint density at radius 1 is 1.23 bits per heavy atom. The molecule has 0 aliphatic carbocycles. The highest BCUT2D eigenvalue weighted by molar-refractivity contribution is 6.05. The summed E-state index contributed by atoms with van der Waals surface area (Å²) in [6.07, 6.45) is 0. The zero-order chi connectivity index (χ0) is 19.5. The van der Waals surface area contributed by atoms with Crippen LogP contribution in [-0.4, -0.2) is 61.9 Å². The van der Waals surface area contributed by atoms with Gasteiger partial charge >= 0.3 is 18.0 Å². The number of hydrogen-bond acceptors (Lipinski definition) is 7. The zero-order valence-electron chi connectivity index (χ0n) is 15.3. The summed E-state index contributed by atoms with van der Waals surface area (Å²) in [6, 6.07) is 7.32. The highest BCUT2D eigenvalue weighted by atomic mass is 16.5. The molecule has 0 saturated carbocycles. The zero-order valence-corrected chi connectivity index (χ0v) is 15.3. The van der Waals surface area contributed by atoms with Gasteiger partial charge in [0.2, 0.25) is 0 Å². The number of urea groups is 1. The fourth-order valence-corrected chi connectivity index (χ4v) is 2.16. The van der Waals surface area contributed by atoms with E-state index in [9.17, 15) is 14.4 Å². The first kappa shape index (κ1) is 21.1. The summed E-state index contributed by atoms with van der Waals surface area (Å²) >= 11 is 0. The molecule has 2 amide bonds. The van der Waals surface area contributed by atoms with Crippen molar-refractivity contribution in [2.75, 3.05) is 32.6 Å². The van der Waals surface area contributed by atoms with Gasteiger partial charge in [-0.05, 0) is 33.0 Å². The molecule has 0 aliphatic rings. The van der Waals surface area contributed by atoms with Crippen molar-refractivity contribution in [2.24, 2.45) is 5.10 Å². The number of nitrogens with zero attached hydrogens (tertiary/aromatic N) is 2. The maximum Gasteiger partial charge on any atom is 0.339 e. The van der Waals surface area contributed by atoms with Crippen molar-refractivity contribution in [3.63, 3.8) is 0 Å². The Balaban J connectivity index is 2.76. The Morgan fingerprint density at radius 2 is 1.88 bits per heavy atom. The van der Waals surface area contributed by atoms with Crippen LogP contribution in [0.2, 0.25) is 0 Å². The van der Waals surface area contributed by atoms with Gasteiger partial charge in [-0.1, -0.05) is 18.2 Å². The van der Waals surface area contributed by atoms with Crippen LogP contribution < -0.4 is 10.7 Å². The lowest BCUT2D eigenvalue weighted by molar-refractivity contribution is -0.148. The van der Waals surface area contributed by atoms with Gasteiger partial charge in [0.25, 0.3) is 0 Å². The minimum Gasteiger partial charge on any atom is -0.468 e. The molecule has 1 unspecified atom stereocenters. The van der Waals surface area contributed by atoms with E-state index in [1.807, 2.05) is 6.07 Å². The van der Waals surface area contributed by atoms with E-state index in [2.05, 4.69) is 15.8 Å². The number of methoxy groups -OCH3 is 1. The molecule has 1 atom stereocenters. The van der Waals surface area contributed by atoms with Gasteiger partial charge in [-0.25, -0.2) is 15.0 Å². The maximum atomic E-state index is 12.0. The van der Waals surface area contributed by atoms with Crippen LogP contribution in [0.4, 0.5) is 10.5 Å². The number of esters is 2. The first-order valence-electron chi connectivity index (χ1n) is 7.99. The summed E-state index contributed by atoms with van der Waals surface area (Å²) in [7, 11) is 2.79. The van der Waals surface area contributed by atoms with E-state index in [4.69, 9.17) is 9.47 Å². The fourth-order valence-electron chi connectivity index (χ4n) is 2.16. The Labute approximate surface area is 152 Å². The van der Waals surface area contributed by atoms with Crippen molar-refractivity contribution in [1.82, 2.24) is 10.3 Å². The van der Waals surface area contributed by atoms with Gasteiger partial charge in [0, 0.05) is 5.69 Å². The predicted molar refractivity (Wildman–Crippen MR) is 96.8 cm³/mol. The lowest BCUT2D eigenvalue weighted by Crippen LogP contribution is -2.47. The van der Waals surface area contributed by atoms with Crippen LogP contribution in [0, 0.1) is 0 Å². The SMILES string of the molecule is CCOC(=O)CN(C)C(C(=O)OC)/C(C)=N/NC(=O)Nc1ccccc1. The molecule has 1 rings (SSSR count). The van der Waals surface area contributed by atoms with Crippen molar-refractivity contribution >= 4 is 29.4 Å². The van der Waals surface area contributed by atoms with E-state index in [1.54, 1.807) is 45.2 Å². The summed E-state index contributed by atoms with van der Waals surface area (Å²) in [4.78, 5) is 37.0. The number of likely N-dealkylation sites (N-methyl/N-ethyl adjacent to an activating group) is 1.